The number of aryl methyl sites for hydroxylation is 1. The van der Waals surface area contributed by atoms with Gasteiger partial charge in [0.2, 0.25) is 0 Å². The average Bonchev–Trinajstić information content (AvgIpc) is 2.95. The van der Waals surface area contributed by atoms with Crippen molar-refractivity contribution in [2.45, 2.75) is 39.2 Å². The number of hydrogen-bond acceptors (Lipinski definition) is 2. The Morgan fingerprint density at radius 2 is 2.05 bits per heavy atom. The number of benzene rings is 1. The maximum Gasteiger partial charge on any atom is 0.126 e. The van der Waals surface area contributed by atoms with Gasteiger partial charge < -0.3 is 5.32 Å². The fourth-order valence-electron chi connectivity index (χ4n) is 2.44. The number of hydrogen-bond donors (Lipinski definition) is 1. The molecule has 0 aliphatic carbocycles. The summed E-state index contributed by atoms with van der Waals surface area (Å²) < 4.78 is 15.0. The molecule has 0 aliphatic heterocycles. The van der Waals surface area contributed by atoms with Crippen molar-refractivity contribution in [2.24, 2.45) is 0 Å². The summed E-state index contributed by atoms with van der Waals surface area (Å²) in [6.45, 7) is 5.27. The molecular weight excluding hydrogens is 349 g/mol. The van der Waals surface area contributed by atoms with Crippen molar-refractivity contribution in [3.8, 4) is 0 Å². The molecular formula is C17H21BrFNS. The Labute approximate surface area is 138 Å². The second-order valence-electron chi connectivity index (χ2n) is 5.11. The summed E-state index contributed by atoms with van der Waals surface area (Å²) in [5, 5.41) is 5.70. The first-order valence-electron chi connectivity index (χ1n) is 7.39. The van der Waals surface area contributed by atoms with Crippen LogP contribution in [0.1, 0.15) is 42.3 Å². The fourth-order valence-corrected chi connectivity index (χ4v) is 3.92. The van der Waals surface area contributed by atoms with Gasteiger partial charge in [0.1, 0.15) is 5.82 Å². The zero-order chi connectivity index (χ0) is 15.2. The molecule has 21 heavy (non-hydrogen) atoms. The van der Waals surface area contributed by atoms with Gasteiger partial charge in [0, 0.05) is 15.4 Å². The van der Waals surface area contributed by atoms with Gasteiger partial charge in [-0.25, -0.2) is 4.39 Å². The summed E-state index contributed by atoms with van der Waals surface area (Å²) in [6, 6.07) is 7.53. The van der Waals surface area contributed by atoms with E-state index in [1.807, 2.05) is 6.07 Å². The fraction of sp³-hybridized carbons (Fsp3) is 0.412. The predicted molar refractivity (Wildman–Crippen MR) is 92.5 cm³/mol. The van der Waals surface area contributed by atoms with Crippen LogP contribution in [-0.2, 0) is 12.8 Å². The number of rotatable bonds is 7. The molecule has 1 unspecified atom stereocenters. The maximum absolute atomic E-state index is 14.0. The highest BCUT2D eigenvalue weighted by atomic mass is 79.9. The molecule has 1 heterocycles. The van der Waals surface area contributed by atoms with E-state index in [1.54, 1.807) is 17.4 Å². The minimum atomic E-state index is -0.129. The molecule has 1 N–H and O–H groups in total. The summed E-state index contributed by atoms with van der Waals surface area (Å²) in [6.07, 6.45) is 2.77. The van der Waals surface area contributed by atoms with Gasteiger partial charge in [0.15, 0.2) is 0 Å². The molecule has 0 amide bonds. The van der Waals surface area contributed by atoms with Gasteiger partial charge in [0.25, 0.3) is 0 Å². The predicted octanol–water partition coefficient (Wildman–Crippen LogP) is 5.50. The van der Waals surface area contributed by atoms with Crippen molar-refractivity contribution < 1.29 is 4.39 Å². The van der Waals surface area contributed by atoms with Crippen LogP contribution in [-0.4, -0.2) is 6.54 Å². The molecule has 1 nitrogen and oxygen atoms in total. The minimum absolute atomic E-state index is 0.129. The summed E-state index contributed by atoms with van der Waals surface area (Å²) >= 11 is 5.20. The van der Waals surface area contributed by atoms with Crippen LogP contribution in [0.5, 0.6) is 0 Å². The van der Waals surface area contributed by atoms with E-state index in [2.05, 4.69) is 46.5 Å². The third kappa shape index (κ3) is 4.38. The topological polar surface area (TPSA) is 12.0 Å². The van der Waals surface area contributed by atoms with Crippen molar-refractivity contribution in [1.82, 2.24) is 5.32 Å². The number of nitrogens with one attached hydrogen (secondary N) is 1. The Bertz CT molecular complexity index is 582. The Morgan fingerprint density at radius 3 is 2.76 bits per heavy atom. The normalized spacial score (nSPS) is 12.6. The van der Waals surface area contributed by atoms with Gasteiger partial charge in [-0.2, -0.15) is 0 Å². The lowest BCUT2D eigenvalue weighted by molar-refractivity contribution is 0.516. The van der Waals surface area contributed by atoms with Crippen molar-refractivity contribution in [1.29, 1.82) is 0 Å². The van der Waals surface area contributed by atoms with Crippen LogP contribution in [0.3, 0.4) is 0 Å². The molecule has 0 saturated heterocycles. The van der Waals surface area contributed by atoms with E-state index in [1.165, 1.54) is 16.5 Å². The van der Waals surface area contributed by atoms with Gasteiger partial charge in [-0.3, -0.25) is 0 Å². The summed E-state index contributed by atoms with van der Waals surface area (Å²) in [7, 11) is 0. The van der Waals surface area contributed by atoms with Crippen LogP contribution in [0.25, 0.3) is 0 Å². The van der Waals surface area contributed by atoms with Crippen molar-refractivity contribution in [3.05, 3.63) is 55.9 Å². The van der Waals surface area contributed by atoms with Crippen molar-refractivity contribution in [2.75, 3.05) is 6.54 Å². The zero-order valence-corrected chi connectivity index (χ0v) is 14.9. The van der Waals surface area contributed by atoms with E-state index in [0.29, 0.717) is 6.42 Å². The van der Waals surface area contributed by atoms with E-state index in [9.17, 15) is 4.39 Å². The van der Waals surface area contributed by atoms with E-state index in [-0.39, 0.29) is 11.9 Å². The van der Waals surface area contributed by atoms with Gasteiger partial charge in [-0.05, 0) is 66.6 Å². The lowest BCUT2D eigenvalue weighted by Gasteiger charge is -2.19. The zero-order valence-electron chi connectivity index (χ0n) is 12.5. The van der Waals surface area contributed by atoms with E-state index in [4.69, 9.17) is 0 Å². The SMILES string of the molecule is CCCNC(Cc1cc(Br)ccc1F)c1sccc1CC. The van der Waals surface area contributed by atoms with E-state index < -0.39 is 0 Å². The highest BCUT2D eigenvalue weighted by Crippen LogP contribution is 2.29. The second kappa shape index (κ2) is 8.06. The molecule has 114 valence electrons. The molecule has 2 rings (SSSR count). The van der Waals surface area contributed by atoms with Gasteiger partial charge in [0.05, 0.1) is 0 Å². The van der Waals surface area contributed by atoms with Crippen LogP contribution >= 0.6 is 27.3 Å². The largest absolute Gasteiger partial charge is 0.309 e. The lowest BCUT2D eigenvalue weighted by Crippen LogP contribution is -2.24. The van der Waals surface area contributed by atoms with E-state index >= 15 is 0 Å². The molecule has 0 fully saturated rings. The van der Waals surface area contributed by atoms with Crippen LogP contribution in [0.4, 0.5) is 4.39 Å². The Balaban J connectivity index is 2.26. The van der Waals surface area contributed by atoms with Crippen molar-refractivity contribution in [3.63, 3.8) is 0 Å². The van der Waals surface area contributed by atoms with Gasteiger partial charge in [-0.15, -0.1) is 11.3 Å². The molecule has 0 radical (unpaired) electrons. The first kappa shape index (κ1) is 16.7. The van der Waals surface area contributed by atoms with Crippen molar-refractivity contribution >= 4 is 27.3 Å². The Hall–Kier alpha value is -0.710. The summed E-state index contributed by atoms with van der Waals surface area (Å²) in [4.78, 5) is 1.34. The maximum atomic E-state index is 14.0. The highest BCUT2D eigenvalue weighted by molar-refractivity contribution is 9.10. The highest BCUT2D eigenvalue weighted by Gasteiger charge is 2.18. The Morgan fingerprint density at radius 1 is 1.24 bits per heavy atom. The van der Waals surface area contributed by atoms with Crippen LogP contribution < -0.4 is 5.32 Å². The average molecular weight is 370 g/mol. The molecule has 0 saturated carbocycles. The lowest BCUT2D eigenvalue weighted by atomic mass is 10.0. The molecule has 1 aromatic heterocycles. The molecule has 4 heteroatoms. The van der Waals surface area contributed by atoms with Crippen LogP contribution in [0.2, 0.25) is 0 Å². The monoisotopic (exact) mass is 369 g/mol. The molecule has 0 bridgehead atoms. The Kier molecular flexibility index (Phi) is 6.40. The summed E-state index contributed by atoms with van der Waals surface area (Å²) in [5.74, 6) is -0.129. The quantitative estimate of drug-likeness (QED) is 0.679. The smallest absolute Gasteiger partial charge is 0.126 e. The van der Waals surface area contributed by atoms with Crippen LogP contribution in [0, 0.1) is 5.82 Å². The van der Waals surface area contributed by atoms with Crippen LogP contribution in [0.15, 0.2) is 34.1 Å². The minimum Gasteiger partial charge on any atom is -0.309 e. The summed E-state index contributed by atoms with van der Waals surface area (Å²) in [5.41, 5.74) is 2.12. The molecule has 1 atom stereocenters. The third-order valence-electron chi connectivity index (χ3n) is 3.55. The standard InChI is InChI=1S/C17H21BrFNS/c1-3-8-20-16(17-12(4-2)7-9-21-17)11-13-10-14(18)5-6-15(13)19/h5-7,9-10,16,20H,3-4,8,11H2,1-2H3. The molecule has 1 aromatic carbocycles. The second-order valence-corrected chi connectivity index (χ2v) is 6.97. The van der Waals surface area contributed by atoms with Gasteiger partial charge >= 0.3 is 0 Å². The molecule has 0 spiro atoms. The van der Waals surface area contributed by atoms with Gasteiger partial charge in [-0.1, -0.05) is 29.8 Å². The number of thiophene rings is 1. The van der Waals surface area contributed by atoms with E-state index in [0.717, 1.165) is 29.4 Å². The molecule has 0 aliphatic rings. The third-order valence-corrected chi connectivity index (χ3v) is 5.12. The number of halogens is 2. The first-order chi connectivity index (χ1) is 10.2. The first-order valence-corrected chi connectivity index (χ1v) is 9.06. The molecule has 2 aromatic rings.